The Hall–Kier alpha value is -2.81. The molecule has 0 saturated carbocycles. The van der Waals surface area contributed by atoms with Crippen molar-refractivity contribution in [2.24, 2.45) is 0 Å². The maximum atomic E-state index is 12.4. The highest BCUT2D eigenvalue weighted by atomic mass is 16.5. The monoisotopic (exact) mass is 368 g/mol. The fraction of sp³-hybridized carbons (Fsp3) is 0.476. The second-order valence-electron chi connectivity index (χ2n) is 6.76. The molecule has 0 aliphatic carbocycles. The van der Waals surface area contributed by atoms with E-state index >= 15 is 0 Å². The molecule has 0 fully saturated rings. The maximum absolute atomic E-state index is 12.4. The minimum atomic E-state index is 0.0890. The lowest BCUT2D eigenvalue weighted by atomic mass is 10.1. The largest absolute Gasteiger partial charge is 0.492 e. The molecule has 0 unspecified atom stereocenters. The number of aromatic nitrogens is 2. The molecule has 6 nitrogen and oxygen atoms in total. The molecule has 0 spiro atoms. The van der Waals surface area contributed by atoms with E-state index in [2.05, 4.69) is 11.2 Å². The molecule has 0 saturated heterocycles. The smallest absolute Gasteiger partial charge is 0.222 e. The van der Waals surface area contributed by atoms with Gasteiger partial charge in [0.05, 0.1) is 31.3 Å². The number of aryl methyl sites for hydroxylation is 3. The first kappa shape index (κ1) is 20.5. The Morgan fingerprint density at radius 3 is 2.63 bits per heavy atom. The summed E-state index contributed by atoms with van der Waals surface area (Å²) in [5, 5.41) is 13.2. The van der Waals surface area contributed by atoms with Gasteiger partial charge >= 0.3 is 0 Å². The highest BCUT2D eigenvalue weighted by molar-refractivity contribution is 5.76. The van der Waals surface area contributed by atoms with E-state index in [1.54, 1.807) is 11.9 Å². The van der Waals surface area contributed by atoms with Crippen molar-refractivity contribution >= 4 is 5.91 Å². The zero-order valence-electron chi connectivity index (χ0n) is 16.7. The van der Waals surface area contributed by atoms with E-state index in [1.807, 2.05) is 49.7 Å². The molecule has 1 heterocycles. The van der Waals surface area contributed by atoms with Gasteiger partial charge in [0.15, 0.2) is 0 Å². The Labute approximate surface area is 161 Å². The van der Waals surface area contributed by atoms with Crippen molar-refractivity contribution in [2.45, 2.75) is 46.6 Å². The summed E-state index contributed by atoms with van der Waals surface area (Å²) in [5.74, 6) is 0.906. The number of carbonyl (C=O) groups excluding carboxylic acids is 1. The van der Waals surface area contributed by atoms with Crippen LogP contribution in [-0.2, 0) is 17.8 Å². The first-order valence-corrected chi connectivity index (χ1v) is 9.25. The van der Waals surface area contributed by atoms with Crippen molar-refractivity contribution in [3.05, 3.63) is 46.8 Å². The van der Waals surface area contributed by atoms with Gasteiger partial charge in [-0.1, -0.05) is 17.7 Å². The van der Waals surface area contributed by atoms with E-state index in [-0.39, 0.29) is 5.91 Å². The molecule has 0 aliphatic rings. The Bertz CT molecular complexity index is 803. The first-order valence-electron chi connectivity index (χ1n) is 9.25. The van der Waals surface area contributed by atoms with Gasteiger partial charge in [-0.25, -0.2) is 0 Å². The summed E-state index contributed by atoms with van der Waals surface area (Å²) in [4.78, 5) is 14.1. The number of ether oxygens (including phenoxy) is 1. The number of rotatable bonds is 9. The van der Waals surface area contributed by atoms with E-state index in [0.717, 1.165) is 22.7 Å². The van der Waals surface area contributed by atoms with Gasteiger partial charge in [-0.2, -0.15) is 10.4 Å². The van der Waals surface area contributed by atoms with Crippen LogP contribution in [0.5, 0.6) is 5.75 Å². The average Bonchev–Trinajstić information content (AvgIpc) is 2.92. The van der Waals surface area contributed by atoms with Gasteiger partial charge in [0, 0.05) is 19.2 Å². The Morgan fingerprint density at radius 1 is 1.26 bits per heavy atom. The zero-order chi connectivity index (χ0) is 19.8. The van der Waals surface area contributed by atoms with Crippen LogP contribution in [0.1, 0.15) is 35.4 Å². The van der Waals surface area contributed by atoms with Crippen LogP contribution in [0.2, 0.25) is 0 Å². The molecule has 1 aromatic heterocycles. The normalized spacial score (nSPS) is 10.5. The molecule has 0 radical (unpaired) electrons. The number of carbonyl (C=O) groups is 1. The molecule has 0 aliphatic heterocycles. The molecular formula is C21H28N4O2. The van der Waals surface area contributed by atoms with Crippen molar-refractivity contribution in [2.75, 3.05) is 20.2 Å². The third kappa shape index (κ3) is 5.85. The summed E-state index contributed by atoms with van der Waals surface area (Å²) in [7, 11) is 1.80. The third-order valence-electron chi connectivity index (χ3n) is 4.70. The molecule has 1 aromatic carbocycles. The van der Waals surface area contributed by atoms with Crippen molar-refractivity contribution < 1.29 is 9.53 Å². The molecule has 0 bridgehead atoms. The summed E-state index contributed by atoms with van der Waals surface area (Å²) in [6.45, 7) is 7.59. The molecule has 1 amide bonds. The minimum Gasteiger partial charge on any atom is -0.492 e. The number of benzene rings is 1. The number of nitriles is 1. The summed E-state index contributed by atoms with van der Waals surface area (Å²) in [6, 6.07) is 10.0. The fourth-order valence-electron chi connectivity index (χ4n) is 2.95. The van der Waals surface area contributed by atoms with Crippen LogP contribution in [0.4, 0.5) is 0 Å². The lowest BCUT2D eigenvalue weighted by Gasteiger charge is -2.17. The number of likely N-dealkylation sites (N-methyl/N-ethyl adjacent to an activating group) is 1. The van der Waals surface area contributed by atoms with Crippen molar-refractivity contribution in [3.8, 4) is 11.8 Å². The van der Waals surface area contributed by atoms with Gasteiger partial charge in [-0.15, -0.1) is 0 Å². The average molecular weight is 368 g/mol. The molecule has 0 N–H and O–H groups in total. The summed E-state index contributed by atoms with van der Waals surface area (Å²) >= 11 is 0. The lowest BCUT2D eigenvalue weighted by molar-refractivity contribution is -0.130. The Morgan fingerprint density at radius 2 is 1.96 bits per heavy atom. The highest BCUT2D eigenvalue weighted by Crippen LogP contribution is 2.16. The summed E-state index contributed by atoms with van der Waals surface area (Å²) in [6.07, 6.45) is 1.53. The van der Waals surface area contributed by atoms with E-state index in [4.69, 9.17) is 10.00 Å². The van der Waals surface area contributed by atoms with Crippen LogP contribution in [0.15, 0.2) is 24.3 Å². The van der Waals surface area contributed by atoms with Crippen LogP contribution in [-0.4, -0.2) is 40.8 Å². The first-order chi connectivity index (χ1) is 12.9. The van der Waals surface area contributed by atoms with Crippen LogP contribution in [0.3, 0.4) is 0 Å². The van der Waals surface area contributed by atoms with Crippen molar-refractivity contribution in [3.63, 3.8) is 0 Å². The lowest BCUT2D eigenvalue weighted by Crippen LogP contribution is -2.31. The quantitative estimate of drug-likeness (QED) is 0.681. The maximum Gasteiger partial charge on any atom is 0.222 e. The Kier molecular flexibility index (Phi) is 7.42. The zero-order valence-corrected chi connectivity index (χ0v) is 16.7. The van der Waals surface area contributed by atoms with Crippen molar-refractivity contribution in [1.82, 2.24) is 14.7 Å². The molecule has 0 atom stereocenters. The summed E-state index contributed by atoms with van der Waals surface area (Å²) in [5.41, 5.74) is 4.27. The molecule has 6 heteroatoms. The number of nitrogens with zero attached hydrogens (tertiary/aromatic N) is 4. The van der Waals surface area contributed by atoms with Gasteiger partial charge in [0.2, 0.25) is 5.91 Å². The SMILES string of the molecule is Cc1ccc(OCCN(C)C(=O)CCc2c(C)nn(CCC#N)c2C)cc1. The molecule has 2 aromatic rings. The van der Waals surface area contributed by atoms with Crippen LogP contribution in [0, 0.1) is 32.1 Å². The van der Waals surface area contributed by atoms with Gasteiger partial charge in [0.1, 0.15) is 12.4 Å². The number of amides is 1. The Balaban J connectivity index is 1.80. The van der Waals surface area contributed by atoms with Gasteiger partial charge in [-0.3, -0.25) is 9.48 Å². The second-order valence-corrected chi connectivity index (χ2v) is 6.76. The van der Waals surface area contributed by atoms with E-state index in [1.165, 1.54) is 5.56 Å². The highest BCUT2D eigenvalue weighted by Gasteiger charge is 2.15. The van der Waals surface area contributed by atoms with E-state index < -0.39 is 0 Å². The molecule has 144 valence electrons. The van der Waals surface area contributed by atoms with Gasteiger partial charge in [0.25, 0.3) is 0 Å². The number of hydrogen-bond donors (Lipinski definition) is 0. The summed E-state index contributed by atoms with van der Waals surface area (Å²) < 4.78 is 7.55. The topological polar surface area (TPSA) is 71.2 Å². The predicted octanol–water partition coefficient (Wildman–Crippen LogP) is 3.19. The van der Waals surface area contributed by atoms with Crippen LogP contribution < -0.4 is 4.74 Å². The standard InChI is InChI=1S/C21H28N4O2/c1-16-6-8-19(9-7-16)27-15-14-24(4)21(26)11-10-20-17(2)23-25(18(20)3)13-5-12-22/h6-9H,5,10-11,13-15H2,1-4H3. The van der Waals surface area contributed by atoms with Crippen LogP contribution >= 0.6 is 0 Å². The predicted molar refractivity (Wildman–Crippen MR) is 105 cm³/mol. The molecular weight excluding hydrogens is 340 g/mol. The molecule has 2 rings (SSSR count). The van der Waals surface area contributed by atoms with E-state index in [0.29, 0.717) is 39.0 Å². The van der Waals surface area contributed by atoms with E-state index in [9.17, 15) is 4.79 Å². The van der Waals surface area contributed by atoms with Crippen molar-refractivity contribution in [1.29, 1.82) is 5.26 Å². The fourth-order valence-corrected chi connectivity index (χ4v) is 2.95. The second kappa shape index (κ2) is 9.77. The minimum absolute atomic E-state index is 0.0890. The van der Waals surface area contributed by atoms with Gasteiger partial charge < -0.3 is 9.64 Å². The van der Waals surface area contributed by atoms with Crippen LogP contribution in [0.25, 0.3) is 0 Å². The molecule has 27 heavy (non-hydrogen) atoms. The number of hydrogen-bond acceptors (Lipinski definition) is 4. The third-order valence-corrected chi connectivity index (χ3v) is 4.70. The van der Waals surface area contributed by atoms with Gasteiger partial charge in [-0.05, 0) is 44.9 Å².